The average molecular weight is 271 g/mol. The van der Waals surface area contributed by atoms with Crippen molar-refractivity contribution in [3.05, 3.63) is 11.1 Å². The lowest BCUT2D eigenvalue weighted by atomic mass is 10.0. The van der Waals surface area contributed by atoms with Crippen molar-refractivity contribution in [2.45, 2.75) is 26.2 Å². The third-order valence-electron chi connectivity index (χ3n) is 3.24. The van der Waals surface area contributed by atoms with E-state index in [0.29, 0.717) is 26.1 Å². The highest BCUT2D eigenvalue weighted by molar-refractivity contribution is 5.98. The van der Waals surface area contributed by atoms with E-state index in [1.54, 1.807) is 6.92 Å². The smallest absolute Gasteiger partial charge is 0.332 e. The zero-order valence-corrected chi connectivity index (χ0v) is 11.2. The maximum atomic E-state index is 11.1. The zero-order chi connectivity index (χ0) is 14.3. The molecule has 0 atom stereocenters. The third-order valence-corrected chi connectivity index (χ3v) is 3.24. The van der Waals surface area contributed by atoms with E-state index in [0.717, 1.165) is 19.6 Å². The number of aliphatic carboxylic acids is 2. The molecule has 6 nitrogen and oxygen atoms in total. The summed E-state index contributed by atoms with van der Waals surface area (Å²) in [6, 6.07) is 0. The molecule has 0 aliphatic carbocycles. The van der Waals surface area contributed by atoms with Gasteiger partial charge in [-0.25, -0.2) is 9.59 Å². The fourth-order valence-electron chi connectivity index (χ4n) is 2.18. The number of carboxylic acid groups (broad SMARTS) is 2. The van der Waals surface area contributed by atoms with E-state index >= 15 is 0 Å². The van der Waals surface area contributed by atoms with Gasteiger partial charge in [-0.3, -0.25) is 4.90 Å². The molecule has 19 heavy (non-hydrogen) atoms. The van der Waals surface area contributed by atoms with E-state index in [2.05, 4.69) is 4.90 Å². The molecule has 0 saturated carbocycles. The highest BCUT2D eigenvalue weighted by Gasteiger charge is 2.19. The molecular formula is C13H21NO5. The lowest BCUT2D eigenvalue weighted by molar-refractivity contribution is -0.136. The maximum Gasteiger partial charge on any atom is 0.332 e. The summed E-state index contributed by atoms with van der Waals surface area (Å²) < 4.78 is 5.23. The van der Waals surface area contributed by atoms with Gasteiger partial charge in [0, 0.05) is 24.2 Å². The molecule has 1 saturated heterocycles. The largest absolute Gasteiger partial charge is 0.478 e. The molecule has 108 valence electrons. The minimum Gasteiger partial charge on any atom is -0.478 e. The number of nitrogens with zero attached hydrogens (tertiary/aromatic N) is 1. The summed E-state index contributed by atoms with van der Waals surface area (Å²) in [5.74, 6) is -2.26. The van der Waals surface area contributed by atoms with E-state index in [1.807, 2.05) is 0 Å². The summed E-state index contributed by atoms with van der Waals surface area (Å²) in [5.41, 5.74) is 0.0396. The van der Waals surface area contributed by atoms with Crippen molar-refractivity contribution in [1.29, 1.82) is 0 Å². The van der Waals surface area contributed by atoms with E-state index < -0.39 is 11.9 Å². The summed E-state index contributed by atoms with van der Waals surface area (Å²) in [6.07, 6.45) is 1.18. The van der Waals surface area contributed by atoms with Gasteiger partial charge < -0.3 is 14.9 Å². The van der Waals surface area contributed by atoms with Gasteiger partial charge in [-0.2, -0.15) is 0 Å². The first kappa shape index (κ1) is 15.7. The van der Waals surface area contributed by atoms with Crippen LogP contribution in [0.1, 0.15) is 26.2 Å². The molecule has 1 heterocycles. The Morgan fingerprint density at radius 1 is 1.11 bits per heavy atom. The first-order valence-corrected chi connectivity index (χ1v) is 6.55. The van der Waals surface area contributed by atoms with Crippen LogP contribution in [-0.4, -0.2) is 59.9 Å². The molecule has 1 rings (SSSR count). The predicted molar refractivity (Wildman–Crippen MR) is 69.1 cm³/mol. The van der Waals surface area contributed by atoms with Gasteiger partial charge in [0.05, 0.1) is 13.2 Å². The minimum atomic E-state index is -1.13. The van der Waals surface area contributed by atoms with Gasteiger partial charge in [0.1, 0.15) is 0 Å². The van der Waals surface area contributed by atoms with Crippen molar-refractivity contribution in [2.75, 3.05) is 32.8 Å². The highest BCUT2D eigenvalue weighted by atomic mass is 16.5. The predicted octanol–water partition coefficient (Wildman–Crippen LogP) is 0.975. The second kappa shape index (κ2) is 7.91. The van der Waals surface area contributed by atoms with Crippen molar-refractivity contribution < 1.29 is 24.5 Å². The van der Waals surface area contributed by atoms with Crippen LogP contribution in [-0.2, 0) is 14.3 Å². The Balaban J connectivity index is 2.54. The topological polar surface area (TPSA) is 87.1 Å². The average Bonchev–Trinajstić information content (AvgIpc) is 2.38. The molecule has 0 radical (unpaired) electrons. The fraction of sp³-hybridized carbons (Fsp3) is 0.692. The van der Waals surface area contributed by atoms with Gasteiger partial charge in [0.2, 0.25) is 0 Å². The van der Waals surface area contributed by atoms with Crippen molar-refractivity contribution >= 4 is 11.9 Å². The Morgan fingerprint density at radius 2 is 1.68 bits per heavy atom. The lowest BCUT2D eigenvalue weighted by Gasteiger charge is -2.26. The molecule has 1 fully saturated rings. The van der Waals surface area contributed by atoms with Gasteiger partial charge in [0.25, 0.3) is 0 Å². The highest BCUT2D eigenvalue weighted by Crippen LogP contribution is 2.16. The normalized spacial score (nSPS) is 17.9. The van der Waals surface area contributed by atoms with Crippen molar-refractivity contribution in [2.24, 2.45) is 0 Å². The molecule has 2 N–H and O–H groups in total. The first-order valence-electron chi connectivity index (χ1n) is 6.55. The van der Waals surface area contributed by atoms with Crippen LogP contribution in [0.3, 0.4) is 0 Å². The van der Waals surface area contributed by atoms with Crippen LogP contribution < -0.4 is 0 Å². The van der Waals surface area contributed by atoms with Gasteiger partial charge in [-0.1, -0.05) is 6.92 Å². The Labute approximate surface area is 112 Å². The monoisotopic (exact) mass is 271 g/mol. The molecule has 6 heteroatoms. The van der Waals surface area contributed by atoms with Crippen LogP contribution in [0.5, 0.6) is 0 Å². The number of hydrogen-bond acceptors (Lipinski definition) is 4. The van der Waals surface area contributed by atoms with Gasteiger partial charge in [-0.05, 0) is 25.8 Å². The Bertz CT molecular complexity index is 358. The van der Waals surface area contributed by atoms with E-state index in [1.165, 1.54) is 0 Å². The summed E-state index contributed by atoms with van der Waals surface area (Å²) in [4.78, 5) is 24.3. The van der Waals surface area contributed by atoms with E-state index in [4.69, 9.17) is 14.9 Å². The first-order chi connectivity index (χ1) is 9.06. The molecule has 0 aromatic carbocycles. The summed E-state index contributed by atoms with van der Waals surface area (Å²) in [6.45, 7) is 5.55. The van der Waals surface area contributed by atoms with Crippen molar-refractivity contribution in [1.82, 2.24) is 4.90 Å². The standard InChI is InChI=1S/C13H21NO5/c1-2-10(12(15)16)11(13(17)18)4-3-5-14-6-8-19-9-7-14/h2-9H2,1H3,(H,15,16)(H,17,18)/b11-10+. The van der Waals surface area contributed by atoms with Crippen LogP contribution >= 0.6 is 0 Å². The molecule has 1 aliphatic rings. The van der Waals surface area contributed by atoms with Gasteiger partial charge >= 0.3 is 11.9 Å². The maximum absolute atomic E-state index is 11.1. The van der Waals surface area contributed by atoms with Gasteiger partial charge in [-0.15, -0.1) is 0 Å². The molecule has 0 bridgehead atoms. The number of carbonyl (C=O) groups is 2. The molecule has 0 amide bonds. The second-order valence-electron chi connectivity index (χ2n) is 4.48. The molecule has 0 unspecified atom stereocenters. The molecular weight excluding hydrogens is 250 g/mol. The number of hydrogen-bond donors (Lipinski definition) is 2. The van der Waals surface area contributed by atoms with Crippen LogP contribution in [0.15, 0.2) is 11.1 Å². The second-order valence-corrected chi connectivity index (χ2v) is 4.48. The summed E-state index contributed by atoms with van der Waals surface area (Å²) >= 11 is 0. The molecule has 0 aromatic heterocycles. The number of morpholine rings is 1. The molecule has 1 aliphatic heterocycles. The third kappa shape index (κ3) is 5.00. The van der Waals surface area contributed by atoms with Crippen molar-refractivity contribution in [3.63, 3.8) is 0 Å². The Morgan fingerprint density at radius 3 is 2.16 bits per heavy atom. The quantitative estimate of drug-likeness (QED) is 0.671. The summed E-state index contributed by atoms with van der Waals surface area (Å²) in [5, 5.41) is 18.1. The Hall–Kier alpha value is -1.40. The van der Waals surface area contributed by atoms with E-state index in [9.17, 15) is 9.59 Å². The van der Waals surface area contributed by atoms with Crippen LogP contribution in [0, 0.1) is 0 Å². The van der Waals surface area contributed by atoms with Crippen LogP contribution in [0.25, 0.3) is 0 Å². The van der Waals surface area contributed by atoms with Crippen LogP contribution in [0.2, 0.25) is 0 Å². The van der Waals surface area contributed by atoms with Gasteiger partial charge in [0.15, 0.2) is 0 Å². The minimum absolute atomic E-state index is 0.00878. The van der Waals surface area contributed by atoms with Crippen LogP contribution in [0.4, 0.5) is 0 Å². The lowest BCUT2D eigenvalue weighted by Crippen LogP contribution is -2.36. The number of ether oxygens (including phenoxy) is 1. The van der Waals surface area contributed by atoms with Crippen molar-refractivity contribution in [3.8, 4) is 0 Å². The molecule has 0 aromatic rings. The molecule has 0 spiro atoms. The number of rotatable bonds is 7. The van der Waals surface area contributed by atoms with E-state index in [-0.39, 0.29) is 17.6 Å². The number of carboxylic acids is 2. The SMILES string of the molecule is CC/C(C(=O)O)=C(/CCCN1CCOCC1)C(=O)O. The zero-order valence-electron chi connectivity index (χ0n) is 11.2. The summed E-state index contributed by atoms with van der Waals surface area (Å²) in [7, 11) is 0. The Kier molecular flexibility index (Phi) is 6.52. The fourth-order valence-corrected chi connectivity index (χ4v) is 2.18.